The fourth-order valence-corrected chi connectivity index (χ4v) is 2.98. The Morgan fingerprint density at radius 2 is 1.30 bits per heavy atom. The number of piperazine rings is 1. The van der Waals surface area contributed by atoms with Crippen molar-refractivity contribution < 1.29 is 23.2 Å². The molecule has 140 valence electrons. The molecule has 0 aromatic heterocycles. The third-order valence-corrected chi connectivity index (χ3v) is 4.55. The Bertz CT molecular complexity index is 889. The van der Waals surface area contributed by atoms with Gasteiger partial charge >= 0.3 is 0 Å². The van der Waals surface area contributed by atoms with Gasteiger partial charge in [0.25, 0.3) is 11.8 Å². The molecule has 1 saturated heterocycles. The second-order valence-electron chi connectivity index (χ2n) is 6.34. The summed E-state index contributed by atoms with van der Waals surface area (Å²) in [5.74, 6) is -2.43. The summed E-state index contributed by atoms with van der Waals surface area (Å²) in [6.07, 6.45) is 0. The van der Waals surface area contributed by atoms with Crippen LogP contribution in [0.4, 0.5) is 8.78 Å². The fourth-order valence-electron chi connectivity index (χ4n) is 2.98. The van der Waals surface area contributed by atoms with Crippen molar-refractivity contribution in [3.05, 3.63) is 70.8 Å². The van der Waals surface area contributed by atoms with Crippen LogP contribution in [-0.2, 0) is 0 Å². The molecule has 2 aromatic rings. The molecule has 5 nitrogen and oxygen atoms in total. The molecule has 2 aromatic carbocycles. The highest BCUT2D eigenvalue weighted by atomic mass is 19.1. The number of Topliss-reactive ketones (excluding diaryl/α,β-unsaturated/α-hetero) is 1. The minimum atomic E-state index is -0.899. The number of benzene rings is 2. The van der Waals surface area contributed by atoms with Crippen molar-refractivity contribution in [1.82, 2.24) is 9.80 Å². The second kappa shape index (κ2) is 7.65. The van der Waals surface area contributed by atoms with Crippen LogP contribution >= 0.6 is 0 Å². The standard InChI is InChI=1S/C20H18F2N2O3/c1-13(25)14-2-4-15(5-3-14)19(26)23-8-10-24(11-9-23)20(27)17-7-6-16(21)12-18(17)22/h2-7,12H,8-11H2,1H3. The molecule has 0 bridgehead atoms. The molecule has 1 heterocycles. The largest absolute Gasteiger partial charge is 0.335 e. The monoisotopic (exact) mass is 372 g/mol. The highest BCUT2D eigenvalue weighted by molar-refractivity contribution is 5.98. The SMILES string of the molecule is CC(=O)c1ccc(C(=O)N2CCN(C(=O)c3ccc(F)cc3F)CC2)cc1. The van der Waals surface area contributed by atoms with Crippen molar-refractivity contribution in [2.75, 3.05) is 26.2 Å². The molecule has 0 spiro atoms. The predicted octanol–water partition coefficient (Wildman–Crippen LogP) is 2.77. The zero-order valence-electron chi connectivity index (χ0n) is 14.7. The maximum Gasteiger partial charge on any atom is 0.256 e. The topological polar surface area (TPSA) is 57.7 Å². The van der Waals surface area contributed by atoms with Crippen LogP contribution in [0.1, 0.15) is 38.0 Å². The lowest BCUT2D eigenvalue weighted by atomic mass is 10.1. The van der Waals surface area contributed by atoms with Crippen molar-refractivity contribution in [3.8, 4) is 0 Å². The molecular formula is C20H18F2N2O3. The molecule has 0 radical (unpaired) electrons. The van der Waals surface area contributed by atoms with Gasteiger partial charge in [-0.25, -0.2) is 8.78 Å². The molecule has 1 aliphatic rings. The number of carbonyl (C=O) groups excluding carboxylic acids is 3. The summed E-state index contributed by atoms with van der Waals surface area (Å²) < 4.78 is 26.8. The van der Waals surface area contributed by atoms with Crippen molar-refractivity contribution in [3.63, 3.8) is 0 Å². The van der Waals surface area contributed by atoms with E-state index in [0.717, 1.165) is 12.1 Å². The van der Waals surface area contributed by atoms with Gasteiger partial charge in [0.05, 0.1) is 5.56 Å². The lowest BCUT2D eigenvalue weighted by molar-refractivity contribution is 0.0532. The van der Waals surface area contributed by atoms with Crippen LogP contribution in [0.3, 0.4) is 0 Å². The fraction of sp³-hybridized carbons (Fsp3) is 0.250. The quantitative estimate of drug-likeness (QED) is 0.779. The van der Waals surface area contributed by atoms with Crippen LogP contribution in [0.25, 0.3) is 0 Å². The molecule has 0 aliphatic carbocycles. The van der Waals surface area contributed by atoms with Crippen LogP contribution in [0.5, 0.6) is 0 Å². The maximum absolute atomic E-state index is 13.8. The van der Waals surface area contributed by atoms with Gasteiger partial charge in [0.2, 0.25) is 0 Å². The minimum Gasteiger partial charge on any atom is -0.335 e. The molecule has 0 unspecified atom stereocenters. The average molecular weight is 372 g/mol. The lowest BCUT2D eigenvalue weighted by Gasteiger charge is -2.35. The van der Waals surface area contributed by atoms with E-state index in [0.29, 0.717) is 30.3 Å². The van der Waals surface area contributed by atoms with Gasteiger partial charge in [0.1, 0.15) is 11.6 Å². The van der Waals surface area contributed by atoms with Gasteiger partial charge in [-0.15, -0.1) is 0 Å². The van der Waals surface area contributed by atoms with Gasteiger partial charge in [0.15, 0.2) is 5.78 Å². The Kier molecular flexibility index (Phi) is 5.30. The van der Waals surface area contributed by atoms with E-state index in [-0.39, 0.29) is 30.3 Å². The van der Waals surface area contributed by atoms with Crippen molar-refractivity contribution >= 4 is 17.6 Å². The molecule has 2 amide bonds. The Morgan fingerprint density at radius 3 is 1.81 bits per heavy atom. The predicted molar refractivity (Wildman–Crippen MR) is 94.6 cm³/mol. The Balaban J connectivity index is 1.63. The molecule has 1 fully saturated rings. The van der Waals surface area contributed by atoms with E-state index in [1.807, 2.05) is 0 Å². The van der Waals surface area contributed by atoms with Crippen LogP contribution < -0.4 is 0 Å². The summed E-state index contributed by atoms with van der Waals surface area (Å²) >= 11 is 0. The van der Waals surface area contributed by atoms with Gasteiger partial charge < -0.3 is 9.80 Å². The third-order valence-electron chi connectivity index (χ3n) is 4.55. The first-order valence-electron chi connectivity index (χ1n) is 8.51. The number of rotatable bonds is 3. The normalized spacial score (nSPS) is 14.2. The Morgan fingerprint density at radius 1 is 0.778 bits per heavy atom. The molecular weight excluding hydrogens is 354 g/mol. The van der Waals surface area contributed by atoms with E-state index in [1.165, 1.54) is 11.8 Å². The van der Waals surface area contributed by atoms with Crippen LogP contribution in [0.2, 0.25) is 0 Å². The zero-order chi connectivity index (χ0) is 19.6. The molecule has 0 N–H and O–H groups in total. The number of carbonyl (C=O) groups is 3. The first-order chi connectivity index (χ1) is 12.9. The van der Waals surface area contributed by atoms with Gasteiger partial charge in [-0.1, -0.05) is 12.1 Å². The summed E-state index contributed by atoms with van der Waals surface area (Å²) in [4.78, 5) is 39.3. The van der Waals surface area contributed by atoms with Crippen molar-refractivity contribution in [2.45, 2.75) is 6.92 Å². The van der Waals surface area contributed by atoms with E-state index >= 15 is 0 Å². The highest BCUT2D eigenvalue weighted by Gasteiger charge is 2.27. The molecule has 3 rings (SSSR count). The summed E-state index contributed by atoms with van der Waals surface area (Å²) in [7, 11) is 0. The molecule has 27 heavy (non-hydrogen) atoms. The summed E-state index contributed by atoms with van der Waals surface area (Å²) in [6.45, 7) is 2.58. The molecule has 0 atom stereocenters. The maximum atomic E-state index is 13.8. The number of hydrogen-bond acceptors (Lipinski definition) is 3. The van der Waals surface area contributed by atoms with Crippen LogP contribution in [0.15, 0.2) is 42.5 Å². The van der Waals surface area contributed by atoms with Crippen LogP contribution in [-0.4, -0.2) is 53.6 Å². The summed E-state index contributed by atoms with van der Waals surface area (Å²) in [5, 5.41) is 0. The lowest BCUT2D eigenvalue weighted by Crippen LogP contribution is -2.50. The average Bonchev–Trinajstić information content (AvgIpc) is 2.67. The van der Waals surface area contributed by atoms with Crippen molar-refractivity contribution in [2.24, 2.45) is 0 Å². The first kappa shape index (κ1) is 18.7. The van der Waals surface area contributed by atoms with E-state index in [4.69, 9.17) is 0 Å². The van der Waals surface area contributed by atoms with Gasteiger partial charge in [-0.3, -0.25) is 14.4 Å². The number of nitrogens with zero attached hydrogens (tertiary/aromatic N) is 2. The zero-order valence-corrected chi connectivity index (χ0v) is 14.7. The summed E-state index contributed by atoms with van der Waals surface area (Å²) in [6, 6.07) is 9.26. The van der Waals surface area contributed by atoms with E-state index < -0.39 is 17.5 Å². The second-order valence-corrected chi connectivity index (χ2v) is 6.34. The smallest absolute Gasteiger partial charge is 0.256 e. The van der Waals surface area contributed by atoms with E-state index in [1.54, 1.807) is 29.2 Å². The molecule has 7 heteroatoms. The molecule has 0 saturated carbocycles. The first-order valence-corrected chi connectivity index (χ1v) is 8.51. The van der Waals surface area contributed by atoms with Gasteiger partial charge in [0, 0.05) is 43.4 Å². The number of ketones is 1. The Labute approximate surface area is 155 Å². The number of hydrogen-bond donors (Lipinski definition) is 0. The van der Waals surface area contributed by atoms with E-state index in [9.17, 15) is 23.2 Å². The highest BCUT2D eigenvalue weighted by Crippen LogP contribution is 2.15. The van der Waals surface area contributed by atoms with Crippen LogP contribution in [0, 0.1) is 11.6 Å². The van der Waals surface area contributed by atoms with Gasteiger partial charge in [-0.2, -0.15) is 0 Å². The minimum absolute atomic E-state index is 0.0749. The molecule has 1 aliphatic heterocycles. The Hall–Kier alpha value is -3.09. The van der Waals surface area contributed by atoms with Crippen molar-refractivity contribution in [1.29, 1.82) is 0 Å². The summed E-state index contributed by atoms with van der Waals surface area (Å²) in [5.41, 5.74) is 0.809. The van der Waals surface area contributed by atoms with Gasteiger partial charge in [-0.05, 0) is 31.2 Å². The van der Waals surface area contributed by atoms with E-state index in [2.05, 4.69) is 0 Å². The third kappa shape index (κ3) is 4.02. The number of amides is 2. The number of halogens is 2.